The normalized spacial score (nSPS) is 25.1. The van der Waals surface area contributed by atoms with Gasteiger partial charge in [-0.05, 0) is 43.6 Å². The Labute approximate surface area is 224 Å². The van der Waals surface area contributed by atoms with E-state index in [1.807, 2.05) is 30.3 Å². The second kappa shape index (κ2) is 12.9. The Kier molecular flexibility index (Phi) is 9.56. The van der Waals surface area contributed by atoms with Crippen molar-refractivity contribution in [2.75, 3.05) is 26.0 Å². The van der Waals surface area contributed by atoms with Crippen LogP contribution in [-0.2, 0) is 25.9 Å². The molecule has 2 aromatic rings. The van der Waals surface area contributed by atoms with Gasteiger partial charge in [0.05, 0.1) is 37.8 Å². The number of benzene rings is 1. The third-order valence-electron chi connectivity index (χ3n) is 7.35. The topological polar surface area (TPSA) is 128 Å². The lowest BCUT2D eigenvalue weighted by molar-refractivity contribution is -0.107. The average Bonchev–Trinajstić information content (AvgIpc) is 2.90. The zero-order valence-electron chi connectivity index (χ0n) is 21.9. The highest BCUT2D eigenvalue weighted by Gasteiger charge is 2.37. The Bertz CT molecular complexity index is 1140. The molecule has 1 aliphatic carbocycles. The minimum atomic E-state index is -3.40. The van der Waals surface area contributed by atoms with Gasteiger partial charge >= 0.3 is 6.09 Å². The van der Waals surface area contributed by atoms with E-state index >= 15 is 0 Å². The van der Waals surface area contributed by atoms with Crippen LogP contribution >= 0.6 is 0 Å². The lowest BCUT2D eigenvalue weighted by Gasteiger charge is -2.42. The molecular weight excluding hydrogens is 510 g/mol. The van der Waals surface area contributed by atoms with Crippen LogP contribution in [0.5, 0.6) is 5.88 Å². The standard InChI is InChI=1S/C27H37N3O7S/c1-19(17-35-18-20-6-4-3-5-7-20)23-16-30(27(31)32)13-12-24(23)36-21-8-10-22(11-9-21)37-25-14-29-26(15-28-25)38(2,33)34/h3-7,14-15,19,21-24H,8-13,16-18H2,1-2H3,(H,31,32)/t19?,21-,22-,23?,24?. The smallest absolute Gasteiger partial charge is 0.407 e. The van der Waals surface area contributed by atoms with Crippen LogP contribution in [0, 0.1) is 11.8 Å². The summed E-state index contributed by atoms with van der Waals surface area (Å²) in [4.78, 5) is 21.2. The zero-order chi connectivity index (χ0) is 27.1. The molecule has 1 saturated carbocycles. The molecule has 1 N–H and O–H groups in total. The van der Waals surface area contributed by atoms with Crippen molar-refractivity contribution >= 4 is 15.9 Å². The first-order chi connectivity index (χ1) is 18.2. The van der Waals surface area contributed by atoms with E-state index in [1.165, 1.54) is 17.3 Å². The van der Waals surface area contributed by atoms with E-state index in [0.29, 0.717) is 38.6 Å². The SMILES string of the molecule is CC(COCc1ccccc1)C1CN(C(=O)O)CCC1O[C@H]1CC[C@H](Oc2cnc(S(C)(=O)=O)cn2)CC1. The monoisotopic (exact) mass is 547 g/mol. The van der Waals surface area contributed by atoms with Gasteiger partial charge in [-0.1, -0.05) is 37.3 Å². The summed E-state index contributed by atoms with van der Waals surface area (Å²) in [7, 11) is -3.40. The average molecular weight is 548 g/mol. The van der Waals surface area contributed by atoms with Gasteiger partial charge in [0.25, 0.3) is 0 Å². The van der Waals surface area contributed by atoms with Crippen LogP contribution in [0.15, 0.2) is 47.8 Å². The summed E-state index contributed by atoms with van der Waals surface area (Å²) in [6.07, 6.45) is 6.66. The first kappa shape index (κ1) is 28.3. The fourth-order valence-electron chi connectivity index (χ4n) is 5.17. The maximum absolute atomic E-state index is 11.7. The molecule has 10 nitrogen and oxygen atoms in total. The fraction of sp³-hybridized carbons (Fsp3) is 0.593. The number of nitrogens with zero attached hydrogens (tertiary/aromatic N) is 3. The molecule has 2 heterocycles. The lowest BCUT2D eigenvalue weighted by atomic mass is 9.84. The van der Waals surface area contributed by atoms with Crippen molar-refractivity contribution in [2.45, 2.75) is 69.0 Å². The Hall–Kier alpha value is -2.76. The molecular formula is C27H37N3O7S. The molecule has 0 bridgehead atoms. The van der Waals surface area contributed by atoms with Gasteiger partial charge < -0.3 is 24.2 Å². The second-order valence-electron chi connectivity index (χ2n) is 10.3. The molecule has 2 aliphatic rings. The highest BCUT2D eigenvalue weighted by atomic mass is 32.2. The van der Waals surface area contributed by atoms with Crippen molar-refractivity contribution in [2.24, 2.45) is 11.8 Å². The van der Waals surface area contributed by atoms with E-state index in [-0.39, 0.29) is 35.2 Å². The van der Waals surface area contributed by atoms with Crippen molar-refractivity contribution in [1.29, 1.82) is 0 Å². The van der Waals surface area contributed by atoms with Gasteiger partial charge in [0.15, 0.2) is 14.9 Å². The first-order valence-electron chi connectivity index (χ1n) is 13.1. The zero-order valence-corrected chi connectivity index (χ0v) is 22.8. The van der Waals surface area contributed by atoms with Crippen LogP contribution in [0.25, 0.3) is 0 Å². The second-order valence-corrected chi connectivity index (χ2v) is 12.3. The molecule has 1 aromatic heterocycles. The molecule has 38 heavy (non-hydrogen) atoms. The lowest BCUT2D eigenvalue weighted by Crippen LogP contribution is -2.50. The molecule has 4 rings (SSSR count). The molecule has 2 fully saturated rings. The predicted molar refractivity (Wildman–Crippen MR) is 140 cm³/mol. The predicted octanol–water partition coefficient (Wildman–Crippen LogP) is 3.81. The maximum Gasteiger partial charge on any atom is 0.407 e. The number of amides is 1. The maximum atomic E-state index is 11.7. The number of carboxylic acid groups (broad SMARTS) is 1. The van der Waals surface area contributed by atoms with Gasteiger partial charge in [-0.15, -0.1) is 0 Å². The van der Waals surface area contributed by atoms with Crippen molar-refractivity contribution in [3.63, 3.8) is 0 Å². The van der Waals surface area contributed by atoms with Crippen molar-refractivity contribution in [1.82, 2.24) is 14.9 Å². The Morgan fingerprint density at radius 1 is 1.08 bits per heavy atom. The Morgan fingerprint density at radius 2 is 1.79 bits per heavy atom. The van der Waals surface area contributed by atoms with Gasteiger partial charge in [0.2, 0.25) is 5.88 Å². The highest BCUT2D eigenvalue weighted by Crippen LogP contribution is 2.32. The van der Waals surface area contributed by atoms with E-state index in [1.54, 1.807) is 0 Å². The van der Waals surface area contributed by atoms with Crippen LogP contribution in [0.2, 0.25) is 0 Å². The minimum absolute atomic E-state index is 0.0298. The van der Waals surface area contributed by atoms with Gasteiger partial charge in [-0.25, -0.2) is 23.2 Å². The summed E-state index contributed by atoms with van der Waals surface area (Å²) in [5, 5.41) is 9.50. The number of likely N-dealkylation sites (tertiary alicyclic amines) is 1. The first-order valence-corrected chi connectivity index (χ1v) is 15.0. The minimum Gasteiger partial charge on any atom is -0.473 e. The molecule has 3 unspecified atom stereocenters. The molecule has 1 saturated heterocycles. The number of sulfone groups is 1. The van der Waals surface area contributed by atoms with Crippen LogP contribution in [-0.4, -0.2) is 78.7 Å². The van der Waals surface area contributed by atoms with Crippen molar-refractivity contribution in [3.8, 4) is 5.88 Å². The summed E-state index contributed by atoms with van der Waals surface area (Å²) in [6, 6.07) is 10.0. The van der Waals surface area contributed by atoms with Crippen LogP contribution < -0.4 is 4.74 Å². The third kappa shape index (κ3) is 7.87. The quantitative estimate of drug-likeness (QED) is 0.472. The third-order valence-corrected chi connectivity index (χ3v) is 8.32. The summed E-state index contributed by atoms with van der Waals surface area (Å²) < 4.78 is 41.6. The number of rotatable bonds is 10. The number of hydrogen-bond donors (Lipinski definition) is 1. The van der Waals surface area contributed by atoms with Crippen LogP contribution in [0.3, 0.4) is 0 Å². The Balaban J connectivity index is 1.28. The van der Waals surface area contributed by atoms with Gasteiger partial charge in [0, 0.05) is 25.3 Å². The fourth-order valence-corrected chi connectivity index (χ4v) is 5.66. The molecule has 3 atom stereocenters. The van der Waals surface area contributed by atoms with E-state index in [4.69, 9.17) is 14.2 Å². The summed E-state index contributed by atoms with van der Waals surface area (Å²) in [6.45, 7) is 4.08. The van der Waals surface area contributed by atoms with Gasteiger partial charge in [0.1, 0.15) is 6.10 Å². The molecule has 0 spiro atoms. The molecule has 0 radical (unpaired) electrons. The summed E-state index contributed by atoms with van der Waals surface area (Å²) in [5.74, 6) is 0.499. The Morgan fingerprint density at radius 3 is 2.42 bits per heavy atom. The van der Waals surface area contributed by atoms with E-state index in [9.17, 15) is 18.3 Å². The number of ether oxygens (including phenoxy) is 3. The number of carbonyl (C=O) groups is 1. The highest BCUT2D eigenvalue weighted by molar-refractivity contribution is 7.90. The van der Waals surface area contributed by atoms with Gasteiger partial charge in [-0.2, -0.15) is 0 Å². The molecule has 1 aromatic carbocycles. The summed E-state index contributed by atoms with van der Waals surface area (Å²) in [5.41, 5.74) is 1.11. The summed E-state index contributed by atoms with van der Waals surface area (Å²) >= 11 is 0. The largest absolute Gasteiger partial charge is 0.473 e. The number of aromatic nitrogens is 2. The van der Waals surface area contributed by atoms with Crippen molar-refractivity contribution in [3.05, 3.63) is 48.3 Å². The van der Waals surface area contributed by atoms with Gasteiger partial charge in [-0.3, -0.25) is 0 Å². The molecule has 208 valence electrons. The van der Waals surface area contributed by atoms with Crippen LogP contribution in [0.1, 0.15) is 44.6 Å². The van der Waals surface area contributed by atoms with E-state index in [2.05, 4.69) is 16.9 Å². The van der Waals surface area contributed by atoms with Crippen molar-refractivity contribution < 1.29 is 32.5 Å². The van der Waals surface area contributed by atoms with E-state index in [0.717, 1.165) is 37.5 Å². The molecule has 11 heteroatoms. The number of piperidine rings is 1. The number of hydrogen-bond acceptors (Lipinski definition) is 8. The van der Waals surface area contributed by atoms with Crippen LogP contribution in [0.4, 0.5) is 4.79 Å². The molecule has 1 aliphatic heterocycles. The van der Waals surface area contributed by atoms with E-state index < -0.39 is 15.9 Å². The molecule has 1 amide bonds.